The SMILES string of the molecule is O=CNc1cc(-c2ccc(Cn3ncc4ccccc43)cc2)no1. The van der Waals surface area contributed by atoms with Crippen LogP contribution in [0.3, 0.4) is 0 Å². The first-order valence-corrected chi connectivity index (χ1v) is 7.50. The number of rotatable bonds is 5. The number of hydrogen-bond donors (Lipinski definition) is 1. The molecule has 6 nitrogen and oxygen atoms in total. The van der Waals surface area contributed by atoms with Crippen LogP contribution in [0.15, 0.2) is 65.3 Å². The Balaban J connectivity index is 1.56. The summed E-state index contributed by atoms with van der Waals surface area (Å²) in [6, 6.07) is 17.8. The zero-order chi connectivity index (χ0) is 16.4. The standard InChI is InChI=1S/C18H14N4O2/c23-12-19-18-9-16(21-24-18)14-7-5-13(6-8-14)11-22-17-4-2-1-3-15(17)10-20-22/h1-10,12H,11H2,(H,19,23). The molecule has 0 aliphatic heterocycles. The lowest BCUT2D eigenvalue weighted by Crippen LogP contribution is -2.01. The summed E-state index contributed by atoms with van der Waals surface area (Å²) in [5.41, 5.74) is 3.85. The summed E-state index contributed by atoms with van der Waals surface area (Å²) in [5.74, 6) is 0.326. The van der Waals surface area contributed by atoms with Crippen LogP contribution < -0.4 is 5.32 Å². The molecule has 6 heteroatoms. The molecule has 0 fully saturated rings. The molecular weight excluding hydrogens is 304 g/mol. The van der Waals surface area contributed by atoms with Gasteiger partial charge in [-0.15, -0.1) is 0 Å². The molecule has 0 bridgehead atoms. The van der Waals surface area contributed by atoms with E-state index >= 15 is 0 Å². The Bertz CT molecular complexity index is 986. The zero-order valence-electron chi connectivity index (χ0n) is 12.7. The van der Waals surface area contributed by atoms with Crippen molar-refractivity contribution in [2.24, 2.45) is 0 Å². The van der Waals surface area contributed by atoms with Crippen molar-refractivity contribution in [2.45, 2.75) is 6.54 Å². The molecule has 4 aromatic rings. The van der Waals surface area contributed by atoms with Crippen LogP contribution in [-0.4, -0.2) is 21.3 Å². The molecule has 24 heavy (non-hydrogen) atoms. The van der Waals surface area contributed by atoms with E-state index in [-0.39, 0.29) is 0 Å². The fourth-order valence-electron chi connectivity index (χ4n) is 2.64. The molecule has 0 unspecified atom stereocenters. The van der Waals surface area contributed by atoms with Crippen molar-refractivity contribution in [1.82, 2.24) is 14.9 Å². The van der Waals surface area contributed by atoms with Crippen molar-refractivity contribution in [1.29, 1.82) is 0 Å². The van der Waals surface area contributed by atoms with E-state index in [9.17, 15) is 4.79 Å². The van der Waals surface area contributed by atoms with E-state index in [0.717, 1.165) is 22.0 Å². The molecule has 2 aromatic heterocycles. The topological polar surface area (TPSA) is 73.0 Å². The Morgan fingerprint density at radius 3 is 2.79 bits per heavy atom. The summed E-state index contributed by atoms with van der Waals surface area (Å²) >= 11 is 0. The maximum Gasteiger partial charge on any atom is 0.231 e. The van der Waals surface area contributed by atoms with Gasteiger partial charge < -0.3 is 4.52 Å². The predicted molar refractivity (Wildman–Crippen MR) is 90.5 cm³/mol. The number of para-hydroxylation sites is 1. The molecule has 0 spiro atoms. The van der Waals surface area contributed by atoms with E-state index in [0.29, 0.717) is 24.5 Å². The number of amides is 1. The Kier molecular flexibility index (Phi) is 3.55. The number of anilines is 1. The summed E-state index contributed by atoms with van der Waals surface area (Å²) in [7, 11) is 0. The Morgan fingerprint density at radius 1 is 1.12 bits per heavy atom. The maximum absolute atomic E-state index is 10.4. The molecule has 0 atom stereocenters. The lowest BCUT2D eigenvalue weighted by molar-refractivity contribution is -0.105. The first-order valence-electron chi connectivity index (χ1n) is 7.50. The molecular formula is C18H14N4O2. The molecule has 2 heterocycles. The molecule has 1 amide bonds. The third kappa shape index (κ3) is 2.65. The van der Waals surface area contributed by atoms with Crippen LogP contribution in [0.4, 0.5) is 5.88 Å². The molecule has 1 N–H and O–H groups in total. The average Bonchev–Trinajstić information content (AvgIpc) is 3.24. The number of carbonyl (C=O) groups excluding carboxylic acids is 1. The van der Waals surface area contributed by atoms with E-state index in [4.69, 9.17) is 4.52 Å². The van der Waals surface area contributed by atoms with Crippen LogP contribution in [-0.2, 0) is 11.3 Å². The monoisotopic (exact) mass is 318 g/mol. The van der Waals surface area contributed by atoms with Gasteiger partial charge in [-0.25, -0.2) is 0 Å². The smallest absolute Gasteiger partial charge is 0.231 e. The van der Waals surface area contributed by atoms with Gasteiger partial charge in [0.2, 0.25) is 12.3 Å². The van der Waals surface area contributed by atoms with E-state index in [1.807, 2.05) is 47.3 Å². The largest absolute Gasteiger partial charge is 0.338 e. The third-order valence-corrected chi connectivity index (χ3v) is 3.84. The Hall–Kier alpha value is -3.41. The normalized spacial score (nSPS) is 10.8. The van der Waals surface area contributed by atoms with Crippen molar-refractivity contribution in [3.05, 3.63) is 66.4 Å². The molecule has 118 valence electrons. The van der Waals surface area contributed by atoms with Gasteiger partial charge in [-0.3, -0.25) is 14.8 Å². The minimum Gasteiger partial charge on any atom is -0.338 e. The predicted octanol–water partition coefficient (Wildman–Crippen LogP) is 3.31. The summed E-state index contributed by atoms with van der Waals surface area (Å²) in [4.78, 5) is 10.4. The van der Waals surface area contributed by atoms with E-state index in [1.165, 1.54) is 0 Å². The second-order valence-electron chi connectivity index (χ2n) is 5.40. The van der Waals surface area contributed by atoms with Crippen molar-refractivity contribution in [3.63, 3.8) is 0 Å². The van der Waals surface area contributed by atoms with Crippen LogP contribution in [0.5, 0.6) is 0 Å². The summed E-state index contributed by atoms with van der Waals surface area (Å²) < 4.78 is 7.00. The summed E-state index contributed by atoms with van der Waals surface area (Å²) in [6.07, 6.45) is 2.43. The Morgan fingerprint density at radius 2 is 1.96 bits per heavy atom. The second kappa shape index (κ2) is 6.00. The van der Waals surface area contributed by atoms with Crippen molar-refractivity contribution in [3.8, 4) is 11.3 Å². The van der Waals surface area contributed by atoms with E-state index in [1.54, 1.807) is 6.07 Å². The lowest BCUT2D eigenvalue weighted by Gasteiger charge is -2.05. The minimum atomic E-state index is 0.326. The van der Waals surface area contributed by atoms with Gasteiger partial charge in [0, 0.05) is 17.0 Å². The van der Waals surface area contributed by atoms with Gasteiger partial charge >= 0.3 is 0 Å². The number of fused-ring (bicyclic) bond motifs is 1. The molecule has 0 saturated heterocycles. The molecule has 0 aliphatic rings. The summed E-state index contributed by atoms with van der Waals surface area (Å²) in [5, 5.41) is 11.9. The van der Waals surface area contributed by atoms with Gasteiger partial charge in [-0.1, -0.05) is 47.6 Å². The van der Waals surface area contributed by atoms with Gasteiger partial charge in [0.15, 0.2) is 0 Å². The summed E-state index contributed by atoms with van der Waals surface area (Å²) in [6.45, 7) is 0.699. The van der Waals surface area contributed by atoms with Crippen molar-refractivity contribution < 1.29 is 9.32 Å². The number of hydrogen-bond acceptors (Lipinski definition) is 4. The molecule has 2 aromatic carbocycles. The Labute approximate surface area is 137 Å². The molecule has 0 saturated carbocycles. The van der Waals surface area contributed by atoms with Crippen molar-refractivity contribution >= 4 is 23.2 Å². The molecule has 4 rings (SSSR count). The highest BCUT2D eigenvalue weighted by Crippen LogP contribution is 2.22. The van der Waals surface area contributed by atoms with Crippen molar-refractivity contribution in [2.75, 3.05) is 5.32 Å². The number of nitrogens with zero attached hydrogens (tertiary/aromatic N) is 3. The number of nitrogens with one attached hydrogen (secondary N) is 1. The zero-order valence-corrected chi connectivity index (χ0v) is 12.7. The van der Waals surface area contributed by atoms with Gasteiger partial charge in [-0.05, 0) is 11.6 Å². The quantitative estimate of drug-likeness (QED) is 0.573. The van der Waals surface area contributed by atoms with Gasteiger partial charge in [0.1, 0.15) is 5.69 Å². The van der Waals surface area contributed by atoms with Crippen LogP contribution in [0.25, 0.3) is 22.2 Å². The van der Waals surface area contributed by atoms with Crippen LogP contribution in [0.2, 0.25) is 0 Å². The van der Waals surface area contributed by atoms with Crippen LogP contribution in [0.1, 0.15) is 5.56 Å². The van der Waals surface area contributed by atoms with Gasteiger partial charge in [-0.2, -0.15) is 5.10 Å². The number of aromatic nitrogens is 3. The second-order valence-corrected chi connectivity index (χ2v) is 5.40. The highest BCUT2D eigenvalue weighted by Gasteiger charge is 2.07. The van der Waals surface area contributed by atoms with Gasteiger partial charge in [0.25, 0.3) is 0 Å². The first-order chi connectivity index (χ1) is 11.8. The average molecular weight is 318 g/mol. The van der Waals surface area contributed by atoms with Gasteiger partial charge in [0.05, 0.1) is 18.3 Å². The van der Waals surface area contributed by atoms with E-state index in [2.05, 4.69) is 27.7 Å². The highest BCUT2D eigenvalue weighted by atomic mass is 16.5. The van der Waals surface area contributed by atoms with E-state index < -0.39 is 0 Å². The fourth-order valence-corrected chi connectivity index (χ4v) is 2.64. The third-order valence-electron chi connectivity index (χ3n) is 3.84. The number of benzene rings is 2. The van der Waals surface area contributed by atoms with Crippen LogP contribution in [0, 0.1) is 0 Å². The minimum absolute atomic E-state index is 0.326. The highest BCUT2D eigenvalue weighted by molar-refractivity contribution is 5.78. The molecule has 0 radical (unpaired) electrons. The lowest BCUT2D eigenvalue weighted by atomic mass is 10.1. The fraction of sp³-hybridized carbons (Fsp3) is 0.0556. The maximum atomic E-state index is 10.4. The molecule has 0 aliphatic carbocycles. The number of carbonyl (C=O) groups is 1. The van der Waals surface area contributed by atoms with Crippen LogP contribution >= 0.6 is 0 Å². The first kappa shape index (κ1) is 14.2.